The maximum absolute atomic E-state index is 13.3. The summed E-state index contributed by atoms with van der Waals surface area (Å²) in [4.78, 5) is 0. The minimum absolute atomic E-state index is 0.194. The third-order valence-corrected chi connectivity index (χ3v) is 2.69. The highest BCUT2D eigenvalue weighted by molar-refractivity contribution is 7.16. The molecule has 0 amide bonds. The molecular formula is C13H16FP. The molecule has 0 saturated carbocycles. The van der Waals surface area contributed by atoms with E-state index in [1.165, 1.54) is 6.07 Å². The molecule has 0 heterocycles. The largest absolute Gasteiger partial charge is 0.207 e. The van der Waals surface area contributed by atoms with Gasteiger partial charge in [-0.15, -0.1) is 15.2 Å². The zero-order valence-corrected chi connectivity index (χ0v) is 10.3. The molecule has 2 unspecified atom stereocenters. The van der Waals surface area contributed by atoms with E-state index in [9.17, 15) is 4.39 Å². The minimum Gasteiger partial charge on any atom is -0.207 e. The lowest BCUT2D eigenvalue weighted by atomic mass is 9.97. The van der Waals surface area contributed by atoms with Crippen LogP contribution in [0.15, 0.2) is 18.2 Å². The van der Waals surface area contributed by atoms with Crippen LogP contribution >= 0.6 is 9.24 Å². The fourth-order valence-corrected chi connectivity index (χ4v) is 2.03. The average Bonchev–Trinajstić information content (AvgIpc) is 2.17. The predicted molar refractivity (Wildman–Crippen MR) is 66.6 cm³/mol. The molecule has 15 heavy (non-hydrogen) atoms. The van der Waals surface area contributed by atoms with Crippen molar-refractivity contribution in [2.24, 2.45) is 0 Å². The molecule has 1 aromatic carbocycles. The van der Waals surface area contributed by atoms with E-state index < -0.39 is 0 Å². The normalized spacial score (nSPS) is 11.7. The maximum atomic E-state index is 13.3. The van der Waals surface area contributed by atoms with Gasteiger partial charge >= 0.3 is 0 Å². The van der Waals surface area contributed by atoms with Crippen molar-refractivity contribution in [3.05, 3.63) is 35.1 Å². The van der Waals surface area contributed by atoms with E-state index in [0.717, 1.165) is 23.7 Å². The molecule has 80 valence electrons. The second-order valence-corrected chi connectivity index (χ2v) is 4.20. The van der Waals surface area contributed by atoms with Crippen molar-refractivity contribution in [2.75, 3.05) is 6.16 Å². The van der Waals surface area contributed by atoms with Gasteiger partial charge in [-0.25, -0.2) is 4.39 Å². The molecule has 0 aromatic heterocycles. The minimum atomic E-state index is -0.194. The highest BCUT2D eigenvalue weighted by atomic mass is 31.0. The van der Waals surface area contributed by atoms with E-state index in [1.54, 1.807) is 13.0 Å². The topological polar surface area (TPSA) is 0 Å². The fourth-order valence-electron chi connectivity index (χ4n) is 1.53. The van der Waals surface area contributed by atoms with Crippen molar-refractivity contribution < 1.29 is 4.39 Å². The third kappa shape index (κ3) is 3.65. The third-order valence-electron chi connectivity index (χ3n) is 2.36. The molecule has 0 bridgehead atoms. The molecule has 2 atom stereocenters. The van der Waals surface area contributed by atoms with Crippen LogP contribution in [-0.4, -0.2) is 6.16 Å². The van der Waals surface area contributed by atoms with E-state index in [-0.39, 0.29) is 5.82 Å². The Hall–Kier alpha value is -0.860. The van der Waals surface area contributed by atoms with Crippen molar-refractivity contribution in [1.82, 2.24) is 0 Å². The first-order valence-electron chi connectivity index (χ1n) is 5.10. The number of hydrogen-bond acceptors (Lipinski definition) is 0. The summed E-state index contributed by atoms with van der Waals surface area (Å²) in [5.41, 5.74) is 1.80. The molecule has 0 spiro atoms. The fraction of sp³-hybridized carbons (Fsp3) is 0.385. The molecule has 1 rings (SSSR count). The molecule has 0 N–H and O–H groups in total. The van der Waals surface area contributed by atoms with Gasteiger partial charge in [0.1, 0.15) is 5.82 Å². The zero-order valence-electron chi connectivity index (χ0n) is 9.18. The summed E-state index contributed by atoms with van der Waals surface area (Å²) in [5, 5.41) is 0. The first-order chi connectivity index (χ1) is 7.17. The predicted octanol–water partition coefficient (Wildman–Crippen LogP) is 3.57. The summed E-state index contributed by atoms with van der Waals surface area (Å²) in [6.45, 7) is 3.87. The van der Waals surface area contributed by atoms with E-state index >= 15 is 0 Å². The van der Waals surface area contributed by atoms with Crippen LogP contribution in [0, 0.1) is 17.7 Å². The SMILES string of the molecule is CC#Cc1cc(F)cc(C(C)CCP)c1. The lowest BCUT2D eigenvalue weighted by molar-refractivity contribution is 0.619. The number of benzene rings is 1. The summed E-state index contributed by atoms with van der Waals surface area (Å²) in [6, 6.07) is 5.06. The molecule has 2 heteroatoms. The van der Waals surface area contributed by atoms with E-state index in [2.05, 4.69) is 28.0 Å². The van der Waals surface area contributed by atoms with E-state index in [1.807, 2.05) is 6.07 Å². The maximum Gasteiger partial charge on any atom is 0.124 e. The van der Waals surface area contributed by atoms with E-state index in [4.69, 9.17) is 0 Å². The Kier molecular flexibility index (Phi) is 4.79. The highest BCUT2D eigenvalue weighted by Crippen LogP contribution is 2.22. The van der Waals surface area contributed by atoms with Gasteiger partial charge in [0.15, 0.2) is 0 Å². The summed E-state index contributed by atoms with van der Waals surface area (Å²) in [7, 11) is 2.70. The Balaban J connectivity index is 3.01. The Morgan fingerprint density at radius 3 is 2.73 bits per heavy atom. The number of hydrogen-bond donors (Lipinski definition) is 0. The standard InChI is InChI=1S/C13H16FP/c1-3-4-11-7-12(9-13(14)8-11)10(2)5-6-15/h7-10H,5-6,15H2,1-2H3. The lowest BCUT2D eigenvalue weighted by Gasteiger charge is -2.10. The smallest absolute Gasteiger partial charge is 0.124 e. The van der Waals surface area contributed by atoms with Gasteiger partial charge in [0.2, 0.25) is 0 Å². The lowest BCUT2D eigenvalue weighted by Crippen LogP contribution is -1.96. The molecular weight excluding hydrogens is 206 g/mol. The summed E-state index contributed by atoms with van der Waals surface area (Å²) in [6.07, 6.45) is 2.08. The van der Waals surface area contributed by atoms with Crippen molar-refractivity contribution in [2.45, 2.75) is 26.2 Å². The highest BCUT2D eigenvalue weighted by Gasteiger charge is 2.06. The first-order valence-corrected chi connectivity index (χ1v) is 5.92. The molecule has 0 saturated heterocycles. The van der Waals surface area contributed by atoms with Gasteiger partial charge in [0.25, 0.3) is 0 Å². The molecule has 0 aliphatic rings. The van der Waals surface area contributed by atoms with Gasteiger partial charge in [-0.3, -0.25) is 0 Å². The molecule has 0 radical (unpaired) electrons. The second-order valence-electron chi connectivity index (χ2n) is 3.63. The van der Waals surface area contributed by atoms with Crippen LogP contribution in [0.25, 0.3) is 0 Å². The van der Waals surface area contributed by atoms with Gasteiger partial charge in [-0.1, -0.05) is 12.8 Å². The Labute approximate surface area is 93.5 Å². The van der Waals surface area contributed by atoms with Crippen LogP contribution in [0.4, 0.5) is 4.39 Å². The van der Waals surface area contributed by atoms with Crippen molar-refractivity contribution in [1.29, 1.82) is 0 Å². The van der Waals surface area contributed by atoms with Gasteiger partial charge < -0.3 is 0 Å². The van der Waals surface area contributed by atoms with Crippen LogP contribution in [0.3, 0.4) is 0 Å². The molecule has 0 aliphatic heterocycles. The van der Waals surface area contributed by atoms with Gasteiger partial charge in [-0.05, 0) is 49.2 Å². The molecule has 0 nitrogen and oxygen atoms in total. The summed E-state index contributed by atoms with van der Waals surface area (Å²) >= 11 is 0. The number of rotatable bonds is 3. The molecule has 0 fully saturated rings. The van der Waals surface area contributed by atoms with Crippen molar-refractivity contribution in [3.63, 3.8) is 0 Å². The number of halogens is 1. The van der Waals surface area contributed by atoms with Crippen LogP contribution in [0.5, 0.6) is 0 Å². The zero-order chi connectivity index (χ0) is 11.3. The van der Waals surface area contributed by atoms with Crippen LogP contribution in [0.1, 0.15) is 37.3 Å². The Morgan fingerprint density at radius 2 is 2.13 bits per heavy atom. The van der Waals surface area contributed by atoms with Gasteiger partial charge in [0, 0.05) is 5.56 Å². The molecule has 1 aromatic rings. The van der Waals surface area contributed by atoms with Crippen LogP contribution < -0.4 is 0 Å². The second kappa shape index (κ2) is 5.89. The summed E-state index contributed by atoms with van der Waals surface area (Å²) in [5.74, 6) is 5.87. The quantitative estimate of drug-likeness (QED) is 0.541. The Morgan fingerprint density at radius 1 is 1.40 bits per heavy atom. The Bertz CT molecular complexity index is 387. The van der Waals surface area contributed by atoms with Crippen LogP contribution in [0.2, 0.25) is 0 Å². The van der Waals surface area contributed by atoms with Gasteiger partial charge in [0.05, 0.1) is 0 Å². The monoisotopic (exact) mass is 222 g/mol. The van der Waals surface area contributed by atoms with Crippen molar-refractivity contribution in [3.8, 4) is 11.8 Å². The average molecular weight is 222 g/mol. The van der Waals surface area contributed by atoms with E-state index in [0.29, 0.717) is 5.92 Å². The molecule has 0 aliphatic carbocycles. The summed E-state index contributed by atoms with van der Waals surface area (Å²) < 4.78 is 13.3. The van der Waals surface area contributed by atoms with Crippen molar-refractivity contribution >= 4 is 9.24 Å². The van der Waals surface area contributed by atoms with Gasteiger partial charge in [-0.2, -0.15) is 0 Å². The first kappa shape index (κ1) is 12.2. The van der Waals surface area contributed by atoms with Crippen LogP contribution in [-0.2, 0) is 0 Å².